The van der Waals surface area contributed by atoms with Crippen molar-refractivity contribution in [1.82, 2.24) is 4.57 Å². The van der Waals surface area contributed by atoms with Gasteiger partial charge in [-0.05, 0) is 67.3 Å². The van der Waals surface area contributed by atoms with Crippen LogP contribution in [0, 0.1) is 12.3 Å². The normalized spacial score (nSPS) is 14.5. The van der Waals surface area contributed by atoms with Gasteiger partial charge in [0.15, 0.2) is 5.43 Å². The van der Waals surface area contributed by atoms with E-state index in [1.54, 1.807) is 19.2 Å². The highest BCUT2D eigenvalue weighted by Crippen LogP contribution is 2.44. The molecule has 0 aliphatic carbocycles. The van der Waals surface area contributed by atoms with Crippen LogP contribution in [0.5, 0.6) is 5.75 Å². The van der Waals surface area contributed by atoms with Crippen molar-refractivity contribution in [2.45, 2.75) is 66.5 Å². The standard InChI is InChI=1S/C32H39NO5/c1-6-37-31(35)26-20-33-27(19-28(26)34)25-16-22(2)29(17-24(25)18-30(33)32(3,4)5)38-15-11-10-14-36-21-23-12-8-7-9-13-23/h7-9,12-13,16-17,19-20,30H,6,10-11,14-15,18,21H2,1-5H3. The summed E-state index contributed by atoms with van der Waals surface area (Å²) in [5, 5.41) is 0. The van der Waals surface area contributed by atoms with E-state index in [1.165, 1.54) is 5.56 Å². The first-order chi connectivity index (χ1) is 18.2. The molecule has 1 aromatic heterocycles. The summed E-state index contributed by atoms with van der Waals surface area (Å²) in [4.78, 5) is 25.3. The molecule has 4 rings (SSSR count). The van der Waals surface area contributed by atoms with E-state index < -0.39 is 5.97 Å². The van der Waals surface area contributed by atoms with E-state index in [0.29, 0.717) is 19.8 Å². The van der Waals surface area contributed by atoms with Gasteiger partial charge in [0.25, 0.3) is 0 Å². The van der Waals surface area contributed by atoms with Gasteiger partial charge >= 0.3 is 5.97 Å². The van der Waals surface area contributed by atoms with Crippen LogP contribution >= 0.6 is 0 Å². The van der Waals surface area contributed by atoms with Crippen molar-refractivity contribution in [2.75, 3.05) is 19.8 Å². The van der Waals surface area contributed by atoms with Gasteiger partial charge in [0.05, 0.1) is 25.5 Å². The van der Waals surface area contributed by atoms with Crippen LogP contribution in [-0.4, -0.2) is 30.4 Å². The Labute approximate surface area is 225 Å². The van der Waals surface area contributed by atoms with Crippen molar-refractivity contribution in [3.05, 3.63) is 87.2 Å². The molecule has 0 radical (unpaired) electrons. The van der Waals surface area contributed by atoms with Gasteiger partial charge in [0.1, 0.15) is 11.3 Å². The topological polar surface area (TPSA) is 66.8 Å². The summed E-state index contributed by atoms with van der Waals surface area (Å²) in [7, 11) is 0. The number of hydrogen-bond acceptors (Lipinski definition) is 5. The van der Waals surface area contributed by atoms with Gasteiger partial charge in [-0.15, -0.1) is 0 Å². The molecule has 1 unspecified atom stereocenters. The van der Waals surface area contributed by atoms with E-state index in [0.717, 1.165) is 47.4 Å². The molecule has 0 bridgehead atoms. The number of esters is 1. The highest BCUT2D eigenvalue weighted by Gasteiger charge is 2.34. The minimum absolute atomic E-state index is 0.0658. The summed E-state index contributed by atoms with van der Waals surface area (Å²) < 4.78 is 19.2. The fraction of sp³-hybridized carbons (Fsp3) is 0.438. The summed E-state index contributed by atoms with van der Waals surface area (Å²) >= 11 is 0. The van der Waals surface area contributed by atoms with Gasteiger partial charge < -0.3 is 18.8 Å². The number of carbonyl (C=O) groups is 1. The molecule has 0 spiro atoms. The van der Waals surface area contributed by atoms with E-state index in [1.807, 2.05) is 25.1 Å². The highest BCUT2D eigenvalue weighted by atomic mass is 16.5. The number of fused-ring (bicyclic) bond motifs is 3. The minimum Gasteiger partial charge on any atom is -0.493 e. The SMILES string of the molecule is CCOC(=O)c1cn2c(cc1=O)-c1cc(C)c(OCCCCOCc3ccccc3)cc1CC2C(C)(C)C. The summed E-state index contributed by atoms with van der Waals surface area (Å²) in [5.41, 5.74) is 4.86. The molecule has 6 heteroatoms. The Bertz CT molecular complexity index is 1320. The molecule has 0 saturated carbocycles. The van der Waals surface area contributed by atoms with Crippen molar-refractivity contribution < 1.29 is 19.0 Å². The molecule has 2 heterocycles. The lowest BCUT2D eigenvalue weighted by Gasteiger charge is -2.39. The molecular formula is C32H39NO5. The van der Waals surface area contributed by atoms with Gasteiger partial charge in [-0.2, -0.15) is 0 Å². The van der Waals surface area contributed by atoms with Crippen LogP contribution in [0.25, 0.3) is 11.3 Å². The van der Waals surface area contributed by atoms with Crippen molar-refractivity contribution in [1.29, 1.82) is 0 Å². The number of nitrogens with zero attached hydrogens (tertiary/aromatic N) is 1. The second kappa shape index (κ2) is 12.0. The number of rotatable bonds is 10. The third-order valence-electron chi connectivity index (χ3n) is 7.05. The lowest BCUT2D eigenvalue weighted by Crippen LogP contribution is -2.33. The summed E-state index contributed by atoms with van der Waals surface area (Å²) in [5.74, 6) is 0.303. The van der Waals surface area contributed by atoms with Crippen molar-refractivity contribution >= 4 is 5.97 Å². The first-order valence-electron chi connectivity index (χ1n) is 13.5. The maximum absolute atomic E-state index is 12.9. The number of hydrogen-bond donors (Lipinski definition) is 0. The molecular weight excluding hydrogens is 478 g/mol. The quantitative estimate of drug-likeness (QED) is 0.226. The Morgan fingerprint density at radius 2 is 1.79 bits per heavy atom. The summed E-state index contributed by atoms with van der Waals surface area (Å²) in [6.45, 7) is 12.5. The molecule has 0 fully saturated rings. The van der Waals surface area contributed by atoms with Gasteiger partial charge in [0, 0.05) is 30.5 Å². The molecule has 38 heavy (non-hydrogen) atoms. The van der Waals surface area contributed by atoms with Crippen LogP contribution in [-0.2, 0) is 22.5 Å². The number of carbonyl (C=O) groups excluding carboxylic acids is 1. The molecule has 6 nitrogen and oxygen atoms in total. The number of ether oxygens (including phenoxy) is 3. The molecule has 0 saturated heterocycles. The lowest BCUT2D eigenvalue weighted by atomic mass is 9.78. The first kappa shape index (κ1) is 27.6. The molecule has 1 aliphatic heterocycles. The largest absolute Gasteiger partial charge is 0.493 e. The number of unbranched alkanes of at least 4 members (excludes halogenated alkanes) is 1. The van der Waals surface area contributed by atoms with Crippen molar-refractivity contribution in [2.24, 2.45) is 5.41 Å². The molecule has 1 atom stereocenters. The van der Waals surface area contributed by atoms with Crippen LogP contribution in [0.3, 0.4) is 0 Å². The van der Waals surface area contributed by atoms with Gasteiger partial charge in [-0.25, -0.2) is 4.79 Å². The number of aryl methyl sites for hydroxylation is 1. The second-order valence-corrected chi connectivity index (χ2v) is 11.0. The van der Waals surface area contributed by atoms with E-state index in [9.17, 15) is 9.59 Å². The zero-order valence-corrected chi connectivity index (χ0v) is 23.2. The smallest absolute Gasteiger partial charge is 0.343 e. The molecule has 0 N–H and O–H groups in total. The van der Waals surface area contributed by atoms with Gasteiger partial charge in [0.2, 0.25) is 0 Å². The van der Waals surface area contributed by atoms with E-state index >= 15 is 0 Å². The predicted octanol–water partition coefficient (Wildman–Crippen LogP) is 6.52. The van der Waals surface area contributed by atoms with Crippen molar-refractivity contribution in [3.8, 4) is 17.0 Å². The number of aromatic nitrogens is 1. The zero-order chi connectivity index (χ0) is 27.3. The fourth-order valence-electron chi connectivity index (χ4n) is 4.96. The second-order valence-electron chi connectivity index (χ2n) is 11.0. The van der Waals surface area contributed by atoms with E-state index in [-0.39, 0.29) is 29.1 Å². The first-order valence-corrected chi connectivity index (χ1v) is 13.5. The molecule has 1 aliphatic rings. The Morgan fingerprint density at radius 1 is 1.05 bits per heavy atom. The number of benzene rings is 2. The third-order valence-corrected chi connectivity index (χ3v) is 7.05. The van der Waals surface area contributed by atoms with E-state index in [2.05, 4.69) is 49.6 Å². The Kier molecular flexibility index (Phi) is 8.72. The molecule has 2 aromatic carbocycles. The number of pyridine rings is 1. The molecule has 3 aromatic rings. The minimum atomic E-state index is -0.573. The maximum atomic E-state index is 12.9. The van der Waals surface area contributed by atoms with Crippen LogP contribution in [0.2, 0.25) is 0 Å². The Balaban J connectivity index is 1.47. The molecule has 0 amide bonds. The van der Waals surface area contributed by atoms with Crippen LogP contribution in [0.1, 0.15) is 73.6 Å². The average molecular weight is 518 g/mol. The Morgan fingerprint density at radius 3 is 2.50 bits per heavy atom. The predicted molar refractivity (Wildman–Crippen MR) is 150 cm³/mol. The van der Waals surface area contributed by atoms with E-state index in [4.69, 9.17) is 14.2 Å². The van der Waals surface area contributed by atoms with Gasteiger partial charge in [-0.3, -0.25) is 4.79 Å². The Hall–Kier alpha value is -3.38. The maximum Gasteiger partial charge on any atom is 0.343 e. The zero-order valence-electron chi connectivity index (χ0n) is 23.2. The van der Waals surface area contributed by atoms with Crippen LogP contribution in [0.4, 0.5) is 0 Å². The monoisotopic (exact) mass is 517 g/mol. The van der Waals surface area contributed by atoms with Crippen LogP contribution in [0.15, 0.2) is 59.5 Å². The fourth-order valence-corrected chi connectivity index (χ4v) is 4.96. The summed E-state index contributed by atoms with van der Waals surface area (Å²) in [6.07, 6.45) is 4.31. The average Bonchev–Trinajstić information content (AvgIpc) is 2.88. The highest BCUT2D eigenvalue weighted by molar-refractivity contribution is 5.89. The van der Waals surface area contributed by atoms with Crippen LogP contribution < -0.4 is 10.2 Å². The lowest BCUT2D eigenvalue weighted by molar-refractivity contribution is 0.0523. The third kappa shape index (κ3) is 6.36. The molecule has 202 valence electrons. The summed E-state index contributed by atoms with van der Waals surface area (Å²) in [6, 6.07) is 16.1. The van der Waals surface area contributed by atoms with Crippen molar-refractivity contribution in [3.63, 3.8) is 0 Å². The van der Waals surface area contributed by atoms with Gasteiger partial charge in [-0.1, -0.05) is 51.1 Å².